The molecule has 0 N–H and O–H groups in total. The van der Waals surface area contributed by atoms with Crippen molar-refractivity contribution in [2.75, 3.05) is 6.61 Å². The summed E-state index contributed by atoms with van der Waals surface area (Å²) in [5, 5.41) is 0. The molecule has 84 valence electrons. The Morgan fingerprint density at radius 3 is 3.00 bits per heavy atom. The van der Waals surface area contributed by atoms with Gasteiger partial charge in [0.1, 0.15) is 0 Å². The molecule has 3 nitrogen and oxygen atoms in total. The van der Waals surface area contributed by atoms with Crippen LogP contribution < -0.4 is 0 Å². The molecule has 0 aliphatic rings. The van der Waals surface area contributed by atoms with Crippen molar-refractivity contribution < 1.29 is 9.53 Å². The summed E-state index contributed by atoms with van der Waals surface area (Å²) in [6.07, 6.45) is 5.73. The van der Waals surface area contributed by atoms with Crippen LogP contribution >= 0.6 is 0 Å². The van der Waals surface area contributed by atoms with Gasteiger partial charge in [0.15, 0.2) is 0 Å². The Bertz CT molecular complexity index is 487. The van der Waals surface area contributed by atoms with Gasteiger partial charge in [0, 0.05) is 12.4 Å². The predicted molar refractivity (Wildman–Crippen MR) is 62.6 cm³/mol. The maximum absolute atomic E-state index is 11.8. The third kappa shape index (κ3) is 2.08. The Morgan fingerprint density at radius 1 is 1.31 bits per heavy atom. The van der Waals surface area contributed by atoms with Crippen LogP contribution in [0.1, 0.15) is 30.1 Å². The first-order valence-corrected chi connectivity index (χ1v) is 5.55. The van der Waals surface area contributed by atoms with Crippen LogP contribution in [0.5, 0.6) is 0 Å². The van der Waals surface area contributed by atoms with Crippen LogP contribution in [0.3, 0.4) is 0 Å². The van der Waals surface area contributed by atoms with Crippen molar-refractivity contribution in [3.63, 3.8) is 0 Å². The third-order valence-electron chi connectivity index (χ3n) is 2.52. The number of nitrogens with zero attached hydrogens (tertiary/aromatic N) is 1. The van der Waals surface area contributed by atoms with E-state index in [-0.39, 0.29) is 5.97 Å². The Balaban J connectivity index is 2.17. The molecule has 0 bridgehead atoms. The standard InChI is InChI=1S/C13H15NO2/c1-2-3-10-16-13(15)11-7-9-14-8-5-4-6-12(11)14/h4-9H,2-3,10H2,1H3. The zero-order chi connectivity index (χ0) is 11.4. The molecule has 0 saturated heterocycles. The number of fused-ring (bicyclic) bond motifs is 1. The van der Waals surface area contributed by atoms with Crippen molar-refractivity contribution in [2.24, 2.45) is 0 Å². The third-order valence-corrected chi connectivity index (χ3v) is 2.52. The number of carbonyl (C=O) groups excluding carboxylic acids is 1. The number of rotatable bonds is 4. The molecule has 2 aromatic rings. The minimum absolute atomic E-state index is 0.234. The average molecular weight is 217 g/mol. The highest BCUT2D eigenvalue weighted by Gasteiger charge is 2.11. The van der Waals surface area contributed by atoms with Gasteiger partial charge in [0.25, 0.3) is 0 Å². The van der Waals surface area contributed by atoms with E-state index in [1.165, 1.54) is 0 Å². The first-order valence-electron chi connectivity index (χ1n) is 5.55. The molecule has 0 amide bonds. The van der Waals surface area contributed by atoms with Crippen molar-refractivity contribution in [3.8, 4) is 0 Å². The van der Waals surface area contributed by atoms with E-state index in [4.69, 9.17) is 4.74 Å². The lowest BCUT2D eigenvalue weighted by atomic mass is 10.2. The molecule has 2 aromatic heterocycles. The molecule has 0 aliphatic carbocycles. The number of unbranched alkanes of at least 4 members (excludes halogenated alkanes) is 1. The lowest BCUT2D eigenvalue weighted by Crippen LogP contribution is -2.05. The number of pyridine rings is 1. The average Bonchev–Trinajstić information content (AvgIpc) is 2.73. The Hall–Kier alpha value is -1.77. The summed E-state index contributed by atoms with van der Waals surface area (Å²) in [5.74, 6) is -0.234. The number of esters is 1. The summed E-state index contributed by atoms with van der Waals surface area (Å²) in [4.78, 5) is 11.8. The van der Waals surface area contributed by atoms with Gasteiger partial charge in [-0.15, -0.1) is 0 Å². The quantitative estimate of drug-likeness (QED) is 0.582. The van der Waals surface area contributed by atoms with E-state index >= 15 is 0 Å². The summed E-state index contributed by atoms with van der Waals surface area (Å²) in [6, 6.07) is 7.55. The van der Waals surface area contributed by atoms with Crippen molar-refractivity contribution in [1.82, 2.24) is 4.40 Å². The topological polar surface area (TPSA) is 30.7 Å². The smallest absolute Gasteiger partial charge is 0.340 e. The summed E-state index contributed by atoms with van der Waals surface area (Å²) in [7, 11) is 0. The number of aromatic nitrogens is 1. The fourth-order valence-electron chi connectivity index (χ4n) is 1.61. The molecule has 0 saturated carbocycles. The number of hydrogen-bond acceptors (Lipinski definition) is 2. The molecule has 0 spiro atoms. The highest BCUT2D eigenvalue weighted by atomic mass is 16.5. The highest BCUT2D eigenvalue weighted by molar-refractivity contribution is 5.97. The number of carbonyl (C=O) groups is 1. The van der Waals surface area contributed by atoms with Gasteiger partial charge in [-0.1, -0.05) is 19.4 Å². The van der Waals surface area contributed by atoms with Gasteiger partial charge in [-0.25, -0.2) is 4.79 Å². The maximum Gasteiger partial charge on any atom is 0.340 e. The van der Waals surface area contributed by atoms with Crippen LogP contribution in [-0.4, -0.2) is 17.0 Å². The molecule has 2 heterocycles. The molecule has 0 aliphatic heterocycles. The fraction of sp³-hybridized carbons (Fsp3) is 0.308. The second-order valence-corrected chi connectivity index (χ2v) is 3.71. The molecule has 0 atom stereocenters. The van der Waals surface area contributed by atoms with Gasteiger partial charge in [-0.2, -0.15) is 0 Å². The molecule has 16 heavy (non-hydrogen) atoms. The van der Waals surface area contributed by atoms with Gasteiger partial charge in [-0.3, -0.25) is 0 Å². The SMILES string of the molecule is CCCCOC(=O)c1ccn2ccccc12. The van der Waals surface area contributed by atoms with E-state index < -0.39 is 0 Å². The van der Waals surface area contributed by atoms with Crippen LogP contribution in [0.4, 0.5) is 0 Å². The Kier molecular flexibility index (Phi) is 3.25. The van der Waals surface area contributed by atoms with Crippen molar-refractivity contribution in [2.45, 2.75) is 19.8 Å². The monoisotopic (exact) mass is 217 g/mol. The lowest BCUT2D eigenvalue weighted by Gasteiger charge is -2.02. The normalized spacial score (nSPS) is 10.6. The summed E-state index contributed by atoms with van der Waals surface area (Å²) >= 11 is 0. The number of ether oxygens (including phenoxy) is 1. The van der Waals surface area contributed by atoms with Gasteiger partial charge in [0.05, 0.1) is 17.7 Å². The molecular formula is C13H15NO2. The molecule has 0 radical (unpaired) electrons. The van der Waals surface area contributed by atoms with Gasteiger partial charge >= 0.3 is 5.97 Å². The summed E-state index contributed by atoms with van der Waals surface area (Å²) < 4.78 is 7.10. The maximum atomic E-state index is 11.8. The molecule has 0 fully saturated rings. The summed E-state index contributed by atoms with van der Waals surface area (Å²) in [6.45, 7) is 2.57. The highest BCUT2D eigenvalue weighted by Crippen LogP contribution is 2.13. The molecule has 2 rings (SSSR count). The van der Waals surface area contributed by atoms with Crippen LogP contribution in [0.15, 0.2) is 36.7 Å². The van der Waals surface area contributed by atoms with Gasteiger partial charge in [0.2, 0.25) is 0 Å². The van der Waals surface area contributed by atoms with E-state index in [1.54, 1.807) is 6.07 Å². The summed E-state index contributed by atoms with van der Waals surface area (Å²) in [5.41, 5.74) is 1.53. The van der Waals surface area contributed by atoms with Gasteiger partial charge < -0.3 is 9.14 Å². The minimum atomic E-state index is -0.234. The lowest BCUT2D eigenvalue weighted by molar-refractivity contribution is 0.0502. The van der Waals surface area contributed by atoms with Crippen LogP contribution in [0, 0.1) is 0 Å². The molecule has 0 aromatic carbocycles. The van der Waals surface area contributed by atoms with Crippen molar-refractivity contribution >= 4 is 11.5 Å². The largest absolute Gasteiger partial charge is 0.462 e. The first-order chi connectivity index (χ1) is 7.83. The van der Waals surface area contributed by atoms with E-state index in [1.807, 2.05) is 35.0 Å². The van der Waals surface area contributed by atoms with Crippen molar-refractivity contribution in [3.05, 3.63) is 42.2 Å². The first kappa shape index (κ1) is 10.7. The number of hydrogen-bond donors (Lipinski definition) is 0. The fourth-order valence-corrected chi connectivity index (χ4v) is 1.61. The predicted octanol–water partition coefficient (Wildman–Crippen LogP) is 2.90. The van der Waals surface area contributed by atoms with E-state index in [0.717, 1.165) is 18.4 Å². The van der Waals surface area contributed by atoms with E-state index in [0.29, 0.717) is 12.2 Å². The minimum Gasteiger partial charge on any atom is -0.462 e. The van der Waals surface area contributed by atoms with Crippen LogP contribution in [-0.2, 0) is 4.74 Å². The van der Waals surface area contributed by atoms with Crippen LogP contribution in [0.25, 0.3) is 5.52 Å². The molecule has 0 unspecified atom stereocenters. The van der Waals surface area contributed by atoms with Crippen molar-refractivity contribution in [1.29, 1.82) is 0 Å². The second kappa shape index (κ2) is 4.84. The zero-order valence-corrected chi connectivity index (χ0v) is 9.35. The second-order valence-electron chi connectivity index (χ2n) is 3.71. The van der Waals surface area contributed by atoms with E-state index in [2.05, 4.69) is 6.92 Å². The molecule has 3 heteroatoms. The zero-order valence-electron chi connectivity index (χ0n) is 9.35. The molecular weight excluding hydrogens is 202 g/mol. The van der Waals surface area contributed by atoms with Gasteiger partial charge in [-0.05, 0) is 24.6 Å². The van der Waals surface area contributed by atoms with E-state index in [9.17, 15) is 4.79 Å². The van der Waals surface area contributed by atoms with Crippen LogP contribution in [0.2, 0.25) is 0 Å². The Morgan fingerprint density at radius 2 is 2.19 bits per heavy atom. The Labute approximate surface area is 94.6 Å².